The fourth-order valence-electron chi connectivity index (χ4n) is 2.43. The molecule has 1 aliphatic rings. The molecule has 0 amide bonds. The van der Waals surface area contributed by atoms with E-state index >= 15 is 0 Å². The molecule has 0 bridgehead atoms. The number of anilines is 1. The lowest BCUT2D eigenvalue weighted by molar-refractivity contribution is 0.416. The van der Waals surface area contributed by atoms with E-state index < -0.39 is 0 Å². The minimum atomic E-state index is 0.632. The van der Waals surface area contributed by atoms with Crippen molar-refractivity contribution in [3.05, 3.63) is 35.6 Å². The Bertz CT molecular complexity index is 612. The number of nitrogens with zero attached hydrogens (tertiary/aromatic N) is 3. The Labute approximate surface area is 128 Å². The van der Waals surface area contributed by atoms with Crippen LogP contribution in [0.2, 0.25) is 5.02 Å². The molecule has 0 unspecified atom stereocenters. The number of ether oxygens (including phenoxy) is 1. The lowest BCUT2D eigenvalue weighted by Crippen LogP contribution is -2.44. The van der Waals surface area contributed by atoms with Gasteiger partial charge in [-0.25, -0.2) is 9.97 Å². The predicted molar refractivity (Wildman–Crippen MR) is 84.1 cm³/mol. The molecule has 2 aromatic rings. The van der Waals surface area contributed by atoms with E-state index in [0.29, 0.717) is 5.02 Å². The highest BCUT2D eigenvalue weighted by Gasteiger charge is 2.15. The van der Waals surface area contributed by atoms with Crippen LogP contribution in [0.1, 0.15) is 0 Å². The van der Waals surface area contributed by atoms with Gasteiger partial charge in [0.05, 0.1) is 12.1 Å². The Kier molecular flexibility index (Phi) is 4.22. The lowest BCUT2D eigenvalue weighted by atomic mass is 10.1. The first kappa shape index (κ1) is 14.1. The fourth-order valence-corrected chi connectivity index (χ4v) is 2.71. The third kappa shape index (κ3) is 2.94. The van der Waals surface area contributed by atoms with E-state index in [1.165, 1.54) is 0 Å². The first-order valence-corrected chi connectivity index (χ1v) is 7.28. The molecule has 1 aliphatic heterocycles. The van der Waals surface area contributed by atoms with Crippen LogP contribution < -0.4 is 15.0 Å². The van der Waals surface area contributed by atoms with E-state index in [4.69, 9.17) is 16.3 Å². The third-order valence-corrected chi connectivity index (χ3v) is 3.84. The maximum Gasteiger partial charge on any atom is 0.225 e. The van der Waals surface area contributed by atoms with Crippen LogP contribution in [0, 0.1) is 0 Å². The second-order valence-corrected chi connectivity index (χ2v) is 5.23. The van der Waals surface area contributed by atoms with Gasteiger partial charge in [-0.05, 0) is 12.1 Å². The smallest absolute Gasteiger partial charge is 0.225 e. The van der Waals surface area contributed by atoms with E-state index in [9.17, 15) is 0 Å². The molecule has 5 nitrogen and oxygen atoms in total. The summed E-state index contributed by atoms with van der Waals surface area (Å²) in [6.07, 6.45) is 3.60. The zero-order valence-electron chi connectivity index (χ0n) is 11.8. The molecule has 1 aromatic heterocycles. The summed E-state index contributed by atoms with van der Waals surface area (Å²) in [5.41, 5.74) is 1.69. The van der Waals surface area contributed by atoms with Crippen LogP contribution in [0.5, 0.6) is 5.75 Å². The number of nitrogens with one attached hydrogen (secondary N) is 1. The molecular formula is C15H17ClN4O. The molecule has 1 saturated heterocycles. The van der Waals surface area contributed by atoms with Crippen LogP contribution >= 0.6 is 11.6 Å². The first-order valence-electron chi connectivity index (χ1n) is 6.90. The SMILES string of the molecule is COc1cccc(Cl)c1-c1cnc(N2CCNCC2)nc1. The summed E-state index contributed by atoms with van der Waals surface area (Å²) in [4.78, 5) is 11.1. The molecule has 6 heteroatoms. The number of methoxy groups -OCH3 is 1. The van der Waals surface area contributed by atoms with Gasteiger partial charge < -0.3 is 15.0 Å². The summed E-state index contributed by atoms with van der Waals surface area (Å²) >= 11 is 6.28. The van der Waals surface area contributed by atoms with Crippen molar-refractivity contribution in [3.63, 3.8) is 0 Å². The number of rotatable bonds is 3. The molecule has 1 aromatic carbocycles. The molecule has 2 heterocycles. The van der Waals surface area contributed by atoms with Crippen LogP contribution in [0.25, 0.3) is 11.1 Å². The molecule has 3 rings (SSSR count). The van der Waals surface area contributed by atoms with Crippen molar-refractivity contribution in [1.29, 1.82) is 0 Å². The van der Waals surface area contributed by atoms with Gasteiger partial charge in [0.25, 0.3) is 0 Å². The first-order chi connectivity index (χ1) is 10.3. The Morgan fingerprint density at radius 2 is 1.90 bits per heavy atom. The molecule has 110 valence electrons. The van der Waals surface area contributed by atoms with Crippen molar-refractivity contribution >= 4 is 17.5 Å². The molecule has 1 fully saturated rings. The van der Waals surface area contributed by atoms with Crippen LogP contribution in [0.15, 0.2) is 30.6 Å². The van der Waals surface area contributed by atoms with Gasteiger partial charge in [0.1, 0.15) is 5.75 Å². The Balaban J connectivity index is 1.90. The van der Waals surface area contributed by atoms with Crippen LogP contribution in [0.4, 0.5) is 5.95 Å². The molecule has 0 radical (unpaired) electrons. The van der Waals surface area contributed by atoms with Crippen molar-refractivity contribution < 1.29 is 4.74 Å². The van der Waals surface area contributed by atoms with Crippen molar-refractivity contribution in [3.8, 4) is 16.9 Å². The number of hydrogen-bond acceptors (Lipinski definition) is 5. The number of hydrogen-bond donors (Lipinski definition) is 1. The van der Waals surface area contributed by atoms with E-state index in [2.05, 4.69) is 20.2 Å². The van der Waals surface area contributed by atoms with E-state index in [1.807, 2.05) is 18.2 Å². The zero-order chi connectivity index (χ0) is 14.7. The van der Waals surface area contributed by atoms with Gasteiger partial charge in [0.15, 0.2) is 0 Å². The Morgan fingerprint density at radius 1 is 1.19 bits per heavy atom. The van der Waals surface area contributed by atoms with E-state index in [1.54, 1.807) is 19.5 Å². The fraction of sp³-hybridized carbons (Fsp3) is 0.333. The van der Waals surface area contributed by atoms with Crippen LogP contribution in [-0.2, 0) is 0 Å². The summed E-state index contributed by atoms with van der Waals surface area (Å²) < 4.78 is 5.37. The Morgan fingerprint density at radius 3 is 2.57 bits per heavy atom. The monoisotopic (exact) mass is 304 g/mol. The van der Waals surface area contributed by atoms with Crippen molar-refractivity contribution in [2.45, 2.75) is 0 Å². The summed E-state index contributed by atoms with van der Waals surface area (Å²) in [7, 11) is 1.63. The normalized spacial score (nSPS) is 15.0. The summed E-state index contributed by atoms with van der Waals surface area (Å²) in [6.45, 7) is 3.77. The van der Waals surface area contributed by atoms with E-state index in [0.717, 1.165) is 49.0 Å². The van der Waals surface area contributed by atoms with Crippen molar-refractivity contribution in [2.75, 3.05) is 38.2 Å². The maximum atomic E-state index is 6.28. The van der Waals surface area contributed by atoms with Crippen molar-refractivity contribution in [2.24, 2.45) is 0 Å². The van der Waals surface area contributed by atoms with Gasteiger partial charge in [0.2, 0.25) is 5.95 Å². The second kappa shape index (κ2) is 6.28. The highest BCUT2D eigenvalue weighted by atomic mass is 35.5. The molecule has 0 atom stereocenters. The number of piperazine rings is 1. The minimum absolute atomic E-state index is 0.632. The van der Waals surface area contributed by atoms with Gasteiger partial charge >= 0.3 is 0 Å². The highest BCUT2D eigenvalue weighted by molar-refractivity contribution is 6.33. The average Bonchev–Trinajstić information content (AvgIpc) is 2.55. The molecule has 21 heavy (non-hydrogen) atoms. The van der Waals surface area contributed by atoms with Crippen molar-refractivity contribution in [1.82, 2.24) is 15.3 Å². The highest BCUT2D eigenvalue weighted by Crippen LogP contribution is 2.35. The Hall–Kier alpha value is -1.85. The van der Waals surface area contributed by atoms with Gasteiger partial charge in [-0.15, -0.1) is 0 Å². The van der Waals surface area contributed by atoms with Gasteiger partial charge in [-0.1, -0.05) is 17.7 Å². The summed E-state index contributed by atoms with van der Waals surface area (Å²) in [5, 5.41) is 3.95. The minimum Gasteiger partial charge on any atom is -0.496 e. The predicted octanol–water partition coefficient (Wildman–Crippen LogP) is 2.22. The standard InChI is InChI=1S/C15H17ClN4O/c1-21-13-4-2-3-12(16)14(13)11-9-18-15(19-10-11)20-7-5-17-6-8-20/h2-4,9-10,17H,5-8H2,1H3. The summed E-state index contributed by atoms with van der Waals surface area (Å²) in [5.74, 6) is 1.48. The molecule has 0 spiro atoms. The summed E-state index contributed by atoms with van der Waals surface area (Å²) in [6, 6.07) is 5.58. The van der Waals surface area contributed by atoms with Gasteiger partial charge in [-0.3, -0.25) is 0 Å². The number of aromatic nitrogens is 2. The second-order valence-electron chi connectivity index (χ2n) is 4.83. The largest absolute Gasteiger partial charge is 0.496 e. The molecule has 1 N–H and O–H groups in total. The van der Waals surface area contributed by atoms with Gasteiger partial charge in [-0.2, -0.15) is 0 Å². The number of halogens is 1. The third-order valence-electron chi connectivity index (χ3n) is 3.52. The number of benzene rings is 1. The molecule has 0 saturated carbocycles. The maximum absolute atomic E-state index is 6.28. The average molecular weight is 305 g/mol. The van der Waals surface area contributed by atoms with Crippen LogP contribution in [0.3, 0.4) is 0 Å². The topological polar surface area (TPSA) is 50.3 Å². The molecule has 0 aliphatic carbocycles. The van der Waals surface area contributed by atoms with Gasteiger partial charge in [0, 0.05) is 49.7 Å². The van der Waals surface area contributed by atoms with Crippen LogP contribution in [-0.4, -0.2) is 43.3 Å². The van der Waals surface area contributed by atoms with E-state index in [-0.39, 0.29) is 0 Å². The molecular weight excluding hydrogens is 288 g/mol. The lowest BCUT2D eigenvalue weighted by Gasteiger charge is -2.27. The quantitative estimate of drug-likeness (QED) is 0.942. The zero-order valence-corrected chi connectivity index (χ0v) is 12.6.